The van der Waals surface area contributed by atoms with E-state index in [0.29, 0.717) is 5.11 Å². The van der Waals surface area contributed by atoms with Gasteiger partial charge in [0.15, 0.2) is 14.9 Å². The van der Waals surface area contributed by atoms with Crippen molar-refractivity contribution >= 4 is 32.9 Å². The summed E-state index contributed by atoms with van der Waals surface area (Å²) < 4.78 is 23.2. The van der Waals surface area contributed by atoms with E-state index in [-0.39, 0.29) is 23.6 Å². The molecule has 1 aromatic carbocycles. The lowest BCUT2D eigenvalue weighted by atomic mass is 10.2. The number of benzene rings is 1. The van der Waals surface area contributed by atoms with Gasteiger partial charge >= 0.3 is 0 Å². The van der Waals surface area contributed by atoms with Crippen LogP contribution >= 0.6 is 12.2 Å². The second-order valence-corrected chi connectivity index (χ2v) is 7.09. The Bertz CT molecular complexity index is 573. The lowest BCUT2D eigenvalue weighted by Crippen LogP contribution is -2.41. The molecular weight excluding hydrogens is 270 g/mol. The Labute approximate surface area is 111 Å². The number of thiocarbonyl (C=S) groups is 1. The fourth-order valence-electron chi connectivity index (χ4n) is 2.39. The van der Waals surface area contributed by atoms with Gasteiger partial charge in [0.2, 0.25) is 0 Å². The van der Waals surface area contributed by atoms with Gasteiger partial charge in [-0.15, -0.1) is 0 Å². The third-order valence-electron chi connectivity index (χ3n) is 3.21. The summed E-state index contributed by atoms with van der Waals surface area (Å²) in [6.07, 6.45) is 0. The van der Waals surface area contributed by atoms with Crippen LogP contribution in [0.25, 0.3) is 0 Å². The van der Waals surface area contributed by atoms with Gasteiger partial charge in [-0.05, 0) is 24.4 Å². The van der Waals surface area contributed by atoms with Crippen LogP contribution < -0.4 is 10.7 Å². The predicted octanol–water partition coefficient (Wildman–Crippen LogP) is 0.369. The largest absolute Gasteiger partial charge is 0.355 e. The summed E-state index contributed by atoms with van der Waals surface area (Å²) in [7, 11) is -2.96. The van der Waals surface area contributed by atoms with Gasteiger partial charge < -0.3 is 5.32 Å². The van der Waals surface area contributed by atoms with E-state index in [1.165, 1.54) is 0 Å². The maximum absolute atomic E-state index is 11.6. The highest BCUT2D eigenvalue weighted by atomic mass is 32.2. The highest BCUT2D eigenvalue weighted by Gasteiger charge is 2.47. The van der Waals surface area contributed by atoms with Crippen molar-refractivity contribution in [3.8, 4) is 0 Å². The molecule has 3 rings (SSSR count). The molecule has 1 aromatic rings. The molecule has 2 N–H and O–H groups in total. The van der Waals surface area contributed by atoms with Gasteiger partial charge in [0.25, 0.3) is 0 Å². The van der Waals surface area contributed by atoms with E-state index >= 15 is 0 Å². The minimum absolute atomic E-state index is 0.0984. The van der Waals surface area contributed by atoms with Crippen molar-refractivity contribution in [1.29, 1.82) is 0 Å². The molecule has 0 radical (unpaired) electrons. The van der Waals surface area contributed by atoms with Crippen LogP contribution in [0.3, 0.4) is 0 Å². The smallest absolute Gasteiger partial charge is 0.188 e. The molecule has 2 aliphatic heterocycles. The van der Waals surface area contributed by atoms with Crippen molar-refractivity contribution in [3.63, 3.8) is 0 Å². The zero-order chi connectivity index (χ0) is 12.8. The van der Waals surface area contributed by atoms with Crippen LogP contribution in [-0.2, 0) is 9.84 Å². The van der Waals surface area contributed by atoms with Crippen LogP contribution in [0.5, 0.6) is 0 Å². The predicted molar refractivity (Wildman–Crippen MR) is 73.9 cm³/mol. The maximum atomic E-state index is 11.6. The van der Waals surface area contributed by atoms with Crippen LogP contribution in [0, 0.1) is 0 Å². The number of hydrogen-bond acceptors (Lipinski definition) is 4. The Kier molecular flexibility index (Phi) is 2.67. The molecule has 2 atom stereocenters. The van der Waals surface area contributed by atoms with Gasteiger partial charge in [0.1, 0.15) is 0 Å². The third kappa shape index (κ3) is 2.04. The number of fused-ring (bicyclic) bond motifs is 1. The molecule has 18 heavy (non-hydrogen) atoms. The first kappa shape index (κ1) is 11.7. The lowest BCUT2D eigenvalue weighted by Gasteiger charge is -2.24. The fraction of sp³-hybridized carbons (Fsp3) is 0.364. The zero-order valence-corrected chi connectivity index (χ0v) is 11.2. The van der Waals surface area contributed by atoms with Crippen LogP contribution in [0.1, 0.15) is 0 Å². The van der Waals surface area contributed by atoms with Crippen molar-refractivity contribution < 1.29 is 8.42 Å². The number of hydrogen-bond donors (Lipinski definition) is 2. The minimum atomic E-state index is -2.96. The first-order chi connectivity index (χ1) is 8.55. The number of anilines is 1. The number of nitrogens with zero attached hydrogens (tertiary/aromatic N) is 1. The van der Waals surface area contributed by atoms with E-state index < -0.39 is 9.84 Å². The molecule has 2 aliphatic rings. The lowest BCUT2D eigenvalue weighted by molar-refractivity contribution is 0.410. The molecule has 5 nitrogen and oxygen atoms in total. The standard InChI is InChI=1S/C11H13N3O2S2/c15-18(16)6-9-10(7-18)14(11(17)12-9)13-8-4-2-1-3-5-8/h1-5,9-10,13H,6-7H2,(H,12,17)/t9-,10-/m0/s1. The second kappa shape index (κ2) is 4.10. The number of rotatable bonds is 2. The van der Waals surface area contributed by atoms with E-state index in [1.54, 1.807) is 5.01 Å². The molecule has 96 valence electrons. The van der Waals surface area contributed by atoms with E-state index in [2.05, 4.69) is 10.7 Å². The van der Waals surface area contributed by atoms with E-state index in [0.717, 1.165) is 5.69 Å². The van der Waals surface area contributed by atoms with Crippen molar-refractivity contribution in [2.24, 2.45) is 0 Å². The summed E-state index contributed by atoms with van der Waals surface area (Å²) in [4.78, 5) is 0. The molecule has 2 fully saturated rings. The van der Waals surface area contributed by atoms with Crippen LogP contribution in [0.2, 0.25) is 0 Å². The molecule has 0 saturated carbocycles. The third-order valence-corrected chi connectivity index (χ3v) is 5.24. The van der Waals surface area contributed by atoms with Crippen molar-refractivity contribution in [2.75, 3.05) is 16.9 Å². The summed E-state index contributed by atoms with van der Waals surface area (Å²) >= 11 is 5.23. The van der Waals surface area contributed by atoms with Gasteiger partial charge in [0.05, 0.1) is 29.3 Å². The maximum Gasteiger partial charge on any atom is 0.188 e. The molecular formula is C11H13N3O2S2. The Balaban J connectivity index is 1.82. The monoisotopic (exact) mass is 283 g/mol. The van der Waals surface area contributed by atoms with Gasteiger partial charge in [-0.3, -0.25) is 10.4 Å². The normalized spacial score (nSPS) is 28.9. The Hall–Kier alpha value is -1.34. The van der Waals surface area contributed by atoms with Gasteiger partial charge in [-0.25, -0.2) is 8.42 Å². The second-order valence-electron chi connectivity index (χ2n) is 4.55. The summed E-state index contributed by atoms with van der Waals surface area (Å²) in [5, 5.41) is 5.37. The topological polar surface area (TPSA) is 61.4 Å². The summed E-state index contributed by atoms with van der Waals surface area (Å²) in [5.41, 5.74) is 4.06. The minimum Gasteiger partial charge on any atom is -0.355 e. The molecule has 0 aromatic heterocycles. The molecule has 2 heterocycles. The molecule has 0 amide bonds. The van der Waals surface area contributed by atoms with Crippen molar-refractivity contribution in [3.05, 3.63) is 30.3 Å². The molecule has 7 heteroatoms. The average molecular weight is 283 g/mol. The highest BCUT2D eigenvalue weighted by Crippen LogP contribution is 2.24. The summed E-state index contributed by atoms with van der Waals surface area (Å²) in [5.74, 6) is 0.301. The Morgan fingerprint density at radius 1 is 1.28 bits per heavy atom. The van der Waals surface area contributed by atoms with E-state index in [1.807, 2.05) is 30.3 Å². The van der Waals surface area contributed by atoms with E-state index in [4.69, 9.17) is 12.2 Å². The Morgan fingerprint density at radius 2 is 2.00 bits per heavy atom. The van der Waals surface area contributed by atoms with Gasteiger partial charge in [0, 0.05) is 0 Å². The average Bonchev–Trinajstić information content (AvgIpc) is 2.74. The number of para-hydroxylation sites is 1. The van der Waals surface area contributed by atoms with Crippen LogP contribution in [0.4, 0.5) is 5.69 Å². The molecule has 0 unspecified atom stereocenters. The number of sulfone groups is 1. The van der Waals surface area contributed by atoms with Crippen molar-refractivity contribution in [1.82, 2.24) is 10.3 Å². The fourth-order valence-corrected chi connectivity index (χ4v) is 4.61. The highest BCUT2D eigenvalue weighted by molar-refractivity contribution is 7.91. The number of nitrogens with one attached hydrogen (secondary N) is 2. The quantitative estimate of drug-likeness (QED) is 0.765. The molecule has 2 saturated heterocycles. The van der Waals surface area contributed by atoms with Crippen molar-refractivity contribution in [2.45, 2.75) is 12.1 Å². The first-order valence-electron chi connectivity index (χ1n) is 5.67. The Morgan fingerprint density at radius 3 is 2.72 bits per heavy atom. The summed E-state index contributed by atoms with van der Waals surface area (Å²) in [6.45, 7) is 0. The van der Waals surface area contributed by atoms with Crippen LogP contribution in [0.15, 0.2) is 30.3 Å². The molecule has 0 bridgehead atoms. The summed E-state index contributed by atoms with van der Waals surface area (Å²) in [6, 6.07) is 9.37. The SMILES string of the molecule is O=S1(=O)C[C@@H]2NC(=S)N(Nc3ccccc3)[C@H]2C1. The van der Waals surface area contributed by atoms with Crippen LogP contribution in [-0.4, -0.2) is 42.1 Å². The first-order valence-corrected chi connectivity index (χ1v) is 7.90. The zero-order valence-electron chi connectivity index (χ0n) is 9.54. The van der Waals surface area contributed by atoms with Gasteiger partial charge in [-0.2, -0.15) is 0 Å². The molecule has 0 aliphatic carbocycles. The van der Waals surface area contributed by atoms with Gasteiger partial charge in [-0.1, -0.05) is 18.2 Å². The number of hydrazine groups is 1. The van der Waals surface area contributed by atoms with E-state index in [9.17, 15) is 8.42 Å². The molecule has 0 spiro atoms.